The second kappa shape index (κ2) is 29.2. The van der Waals surface area contributed by atoms with Crippen molar-refractivity contribution in [2.75, 3.05) is 6.66 Å². The summed E-state index contributed by atoms with van der Waals surface area (Å²) in [5, 5.41) is 0. The van der Waals surface area contributed by atoms with Gasteiger partial charge in [-0.05, 0) is 0 Å². The molecule has 0 unspecified atom stereocenters. The van der Waals surface area contributed by atoms with Crippen LogP contribution in [0, 0.1) is 0 Å². The number of hydrogen-bond donors (Lipinski definition) is 3. The third-order valence-electron chi connectivity index (χ3n) is 0. The van der Waals surface area contributed by atoms with Crippen molar-refractivity contribution in [3.8, 4) is 0 Å². The van der Waals surface area contributed by atoms with Gasteiger partial charge in [-0.15, -0.1) is 0 Å². The predicted octanol–water partition coefficient (Wildman–Crippen LogP) is -3.13. The maximum absolute atomic E-state index is 7.74. The van der Waals surface area contributed by atoms with Gasteiger partial charge in [0, 0.05) is 77.9 Å². The van der Waals surface area contributed by atoms with Gasteiger partial charge in [0.2, 0.25) is 0 Å². The van der Waals surface area contributed by atoms with E-state index in [-0.39, 0.29) is 94.3 Å². The maximum Gasteiger partial charge on any atom is 0.400 e. The molecule has 0 aliphatic heterocycles. The van der Waals surface area contributed by atoms with E-state index in [4.69, 9.17) is 14.7 Å². The van der Waals surface area contributed by atoms with Crippen molar-refractivity contribution in [2.45, 2.75) is 0 Å². The van der Waals surface area contributed by atoms with Crippen LogP contribution >= 0.6 is 7.94 Å². The summed E-state index contributed by atoms with van der Waals surface area (Å²) >= 11 is 0. The summed E-state index contributed by atoms with van der Waals surface area (Å²) in [5.41, 5.74) is 0. The molecule has 0 atom stereocenters. The first-order chi connectivity index (χ1) is 2.00. The van der Waals surface area contributed by atoms with Crippen molar-refractivity contribution in [1.82, 2.24) is 0 Å². The van der Waals surface area contributed by atoms with Gasteiger partial charge < -0.3 is 16.4 Å². The van der Waals surface area contributed by atoms with E-state index in [0.29, 0.717) is 0 Å². The predicted molar refractivity (Wildman–Crippen MR) is 30.3 cm³/mol. The topological polar surface area (TPSA) is 155 Å². The molecule has 11 heteroatoms. The summed E-state index contributed by atoms with van der Waals surface area (Å²) in [6, 6.07) is 0. The Hall–Kier alpha value is 2.68. The molecular formula is CH12O6PZn4+. The van der Waals surface area contributed by atoms with Gasteiger partial charge in [-0.25, -0.2) is 0 Å². The van der Waals surface area contributed by atoms with Crippen LogP contribution in [0.15, 0.2) is 0 Å². The van der Waals surface area contributed by atoms with Gasteiger partial charge in [0.25, 0.3) is 0 Å². The molecule has 0 radical (unpaired) electrons. The van der Waals surface area contributed by atoms with Gasteiger partial charge in [-0.1, -0.05) is 0 Å². The van der Waals surface area contributed by atoms with Crippen molar-refractivity contribution in [1.29, 1.82) is 0 Å². The smallest absolute Gasteiger partial charge is 0.400 e. The monoisotopic (exact) mass is 407 g/mol. The molecule has 0 saturated carbocycles. The first-order valence-electron chi connectivity index (χ1n) is 1.05. The van der Waals surface area contributed by atoms with E-state index in [1.165, 1.54) is 0 Å². The number of rotatable bonds is 0. The largest absolute Gasteiger partial charge is 0.412 e. The van der Waals surface area contributed by atoms with E-state index in [1.54, 1.807) is 0 Å². The fraction of sp³-hybridized carbons (Fsp3) is 1.00. The van der Waals surface area contributed by atoms with E-state index in [1.807, 2.05) is 0 Å². The summed E-state index contributed by atoms with van der Waals surface area (Å²) in [7, 11) is -3.39. The zero-order valence-electron chi connectivity index (χ0n) is 7.12. The van der Waals surface area contributed by atoms with Gasteiger partial charge >= 0.3 is 7.94 Å². The maximum atomic E-state index is 7.74. The van der Waals surface area contributed by atoms with Crippen molar-refractivity contribution in [2.24, 2.45) is 0 Å². The molecule has 6 nitrogen and oxygen atoms in total. The van der Waals surface area contributed by atoms with Crippen molar-refractivity contribution < 1.29 is 109 Å². The van der Waals surface area contributed by atoms with Crippen LogP contribution in [0.4, 0.5) is 0 Å². The van der Waals surface area contributed by atoms with Crippen LogP contribution in [0.1, 0.15) is 0 Å². The third-order valence-corrected chi connectivity index (χ3v) is 0. The normalized spacial score (nSPS) is 5.00. The van der Waals surface area contributed by atoms with Gasteiger partial charge in [0.1, 0.15) is 6.66 Å². The molecule has 0 bridgehead atoms. The van der Waals surface area contributed by atoms with Gasteiger partial charge in [0.05, 0.1) is 0 Å². The first kappa shape index (κ1) is 61.5. The summed E-state index contributed by atoms with van der Waals surface area (Å²) < 4.78 is 0. The fourth-order valence-corrected chi connectivity index (χ4v) is 0. The summed E-state index contributed by atoms with van der Waals surface area (Å²) in [6.07, 6.45) is 0. The van der Waals surface area contributed by atoms with Crippen LogP contribution in [0.2, 0.25) is 0 Å². The second-order valence-corrected chi connectivity index (χ2v) is 2.60. The van der Waals surface area contributed by atoms with Crippen molar-refractivity contribution in [3.05, 3.63) is 0 Å². The molecule has 0 aromatic carbocycles. The summed E-state index contributed by atoms with van der Waals surface area (Å²) in [6.45, 7) is 0.965. The molecule has 0 heterocycles. The Morgan fingerprint density at radius 1 is 0.667 bits per heavy atom. The Kier molecular flexibility index (Phi) is 150. The average molecular weight is 413 g/mol. The van der Waals surface area contributed by atoms with E-state index >= 15 is 0 Å². The van der Waals surface area contributed by atoms with Crippen molar-refractivity contribution in [3.63, 3.8) is 0 Å². The van der Waals surface area contributed by atoms with Gasteiger partial charge in [0.15, 0.2) is 0 Å². The summed E-state index contributed by atoms with van der Waals surface area (Å²) in [5.74, 6) is 0. The Balaban J connectivity index is -0.00000000381. The van der Waals surface area contributed by atoms with Crippen LogP contribution in [-0.4, -0.2) is 37.8 Å². The zero-order valence-corrected chi connectivity index (χ0v) is 19.9. The minimum atomic E-state index is -3.39. The molecule has 9 N–H and O–H groups in total. The molecular weight excluding hydrogens is 401 g/mol. The molecule has 0 fully saturated rings. The van der Waals surface area contributed by atoms with Crippen molar-refractivity contribution >= 4 is 7.94 Å². The first-order valence-corrected chi connectivity index (χ1v) is 3.14. The van der Waals surface area contributed by atoms with Crippen LogP contribution in [0.5, 0.6) is 0 Å². The molecule has 64 valence electrons. The summed E-state index contributed by atoms with van der Waals surface area (Å²) in [4.78, 5) is 23.2. The molecule has 0 aliphatic carbocycles. The SMILES string of the molecule is C[P+](O)(O)O.O.O.O.[Zn].[Zn].[Zn].[Zn]. The quantitative estimate of drug-likeness (QED) is 0.284. The fourth-order valence-electron chi connectivity index (χ4n) is 0. The Bertz CT molecular complexity index is 35.0. The second-order valence-electron chi connectivity index (χ2n) is 0.868. The molecule has 12 heavy (non-hydrogen) atoms. The Labute approximate surface area is 122 Å². The zero-order chi connectivity index (χ0) is 4.50. The molecule has 0 spiro atoms. The molecule has 0 aliphatic rings. The van der Waals surface area contributed by atoms with Crippen LogP contribution in [-0.2, 0) is 77.9 Å². The van der Waals surface area contributed by atoms with Crippen LogP contribution in [0.3, 0.4) is 0 Å². The molecule has 0 aromatic rings. The minimum absolute atomic E-state index is 0. The van der Waals surface area contributed by atoms with E-state index in [2.05, 4.69) is 0 Å². The Morgan fingerprint density at radius 3 is 0.667 bits per heavy atom. The van der Waals surface area contributed by atoms with Crippen LogP contribution in [0.25, 0.3) is 0 Å². The third kappa shape index (κ3) is 240. The molecule has 0 saturated heterocycles. The molecule has 0 amide bonds. The van der Waals surface area contributed by atoms with E-state index < -0.39 is 7.94 Å². The minimum Gasteiger partial charge on any atom is -0.412 e. The van der Waals surface area contributed by atoms with Gasteiger partial charge in [-0.3, -0.25) is 0 Å². The Morgan fingerprint density at radius 2 is 0.667 bits per heavy atom. The van der Waals surface area contributed by atoms with E-state index in [0.717, 1.165) is 6.66 Å². The molecule has 0 aromatic heterocycles. The average Bonchev–Trinajstić information content (AvgIpc) is 0.722. The number of hydrogen-bond acceptors (Lipinski definition) is 3. The van der Waals surface area contributed by atoms with Gasteiger partial charge in [-0.2, -0.15) is 14.7 Å². The van der Waals surface area contributed by atoms with Crippen LogP contribution < -0.4 is 0 Å². The molecule has 0 rings (SSSR count). The van der Waals surface area contributed by atoms with E-state index in [9.17, 15) is 0 Å². The standard InChI is InChI=1S/CH6O3P.3H2O.4Zn/c1-5(2,3)4;;;;;;;/h2-4H,1H3;3*1H2;;;;/q+1;;;;;;;.